The summed E-state index contributed by atoms with van der Waals surface area (Å²) < 4.78 is 22.8. The molecule has 1 saturated heterocycles. The Morgan fingerprint density at radius 3 is 2.62 bits per heavy atom. The van der Waals surface area contributed by atoms with Crippen molar-refractivity contribution in [3.63, 3.8) is 0 Å². The zero-order valence-electron chi connectivity index (χ0n) is 12.9. The van der Waals surface area contributed by atoms with Gasteiger partial charge in [0.1, 0.15) is 0 Å². The monoisotopic (exact) mass is 310 g/mol. The summed E-state index contributed by atoms with van der Waals surface area (Å²) >= 11 is 0. The van der Waals surface area contributed by atoms with E-state index in [1.54, 1.807) is 12.1 Å². The maximum atomic E-state index is 11.4. The van der Waals surface area contributed by atoms with E-state index < -0.39 is 9.84 Å². The number of piperidine rings is 1. The molecule has 0 bridgehead atoms. The van der Waals surface area contributed by atoms with Crippen LogP contribution in [0.1, 0.15) is 31.7 Å². The first kappa shape index (κ1) is 16.5. The molecule has 2 rings (SSSR count). The van der Waals surface area contributed by atoms with E-state index >= 15 is 0 Å². The van der Waals surface area contributed by atoms with Gasteiger partial charge in [0.2, 0.25) is 0 Å². The van der Waals surface area contributed by atoms with Gasteiger partial charge < -0.3 is 10.6 Å². The van der Waals surface area contributed by atoms with Crippen LogP contribution >= 0.6 is 0 Å². The lowest BCUT2D eigenvalue weighted by atomic mass is 9.90. The molecule has 2 unspecified atom stereocenters. The number of nitrogens with one attached hydrogen (secondary N) is 2. The van der Waals surface area contributed by atoms with Gasteiger partial charge in [-0.2, -0.15) is 0 Å². The molecule has 5 heteroatoms. The third-order valence-corrected chi connectivity index (χ3v) is 5.38. The lowest BCUT2D eigenvalue weighted by molar-refractivity contribution is 0.288. The summed E-state index contributed by atoms with van der Waals surface area (Å²) in [6.07, 6.45) is 5.04. The molecule has 2 N–H and O–H groups in total. The molecule has 4 nitrogen and oxygen atoms in total. The van der Waals surface area contributed by atoms with Crippen molar-refractivity contribution in [1.29, 1.82) is 0 Å². The number of sulfone groups is 1. The average Bonchev–Trinajstić information content (AvgIpc) is 2.47. The van der Waals surface area contributed by atoms with E-state index in [0.717, 1.165) is 31.1 Å². The van der Waals surface area contributed by atoms with Gasteiger partial charge in [0.15, 0.2) is 9.84 Å². The van der Waals surface area contributed by atoms with E-state index in [0.29, 0.717) is 10.9 Å². The Hall–Kier alpha value is -0.910. The number of hydrogen-bond acceptors (Lipinski definition) is 4. The Morgan fingerprint density at radius 2 is 2.00 bits per heavy atom. The summed E-state index contributed by atoms with van der Waals surface area (Å²) in [7, 11) is -3.10. The predicted molar refractivity (Wildman–Crippen MR) is 86.1 cm³/mol. The van der Waals surface area contributed by atoms with Crippen molar-refractivity contribution in [2.75, 3.05) is 19.3 Å². The fraction of sp³-hybridized carbons (Fsp3) is 0.625. The molecule has 0 spiro atoms. The van der Waals surface area contributed by atoms with Crippen LogP contribution in [0.4, 0.5) is 0 Å². The molecule has 0 aromatic heterocycles. The molecule has 21 heavy (non-hydrogen) atoms. The van der Waals surface area contributed by atoms with E-state index in [-0.39, 0.29) is 0 Å². The molecule has 118 valence electrons. The molecule has 1 aliphatic heterocycles. The fourth-order valence-electron chi connectivity index (χ4n) is 2.87. The Balaban J connectivity index is 1.78. The third kappa shape index (κ3) is 5.09. The quantitative estimate of drug-likeness (QED) is 0.843. The summed E-state index contributed by atoms with van der Waals surface area (Å²) in [6, 6.07) is 7.68. The van der Waals surface area contributed by atoms with Crippen LogP contribution in [-0.2, 0) is 16.4 Å². The summed E-state index contributed by atoms with van der Waals surface area (Å²) in [4.78, 5) is 0.381. The third-order valence-electron chi connectivity index (χ3n) is 4.25. The van der Waals surface area contributed by atoms with E-state index in [1.807, 2.05) is 12.1 Å². The Kier molecular flexibility index (Phi) is 5.79. The molecule has 1 fully saturated rings. The van der Waals surface area contributed by atoms with Crippen LogP contribution in [0.25, 0.3) is 0 Å². The molecular weight excluding hydrogens is 284 g/mol. The van der Waals surface area contributed by atoms with Gasteiger partial charge in [0.25, 0.3) is 0 Å². The number of hydrogen-bond donors (Lipinski definition) is 2. The summed E-state index contributed by atoms with van der Waals surface area (Å²) in [5, 5.41) is 7.02. The summed E-state index contributed by atoms with van der Waals surface area (Å²) in [5.74, 6) is 0.854. The number of benzene rings is 1. The van der Waals surface area contributed by atoms with E-state index in [2.05, 4.69) is 17.6 Å². The van der Waals surface area contributed by atoms with Crippen molar-refractivity contribution in [1.82, 2.24) is 10.6 Å². The normalized spacial score (nSPS) is 23.1. The molecule has 1 aromatic rings. The first-order chi connectivity index (χ1) is 9.99. The summed E-state index contributed by atoms with van der Waals surface area (Å²) in [6.45, 7) is 5.13. The van der Waals surface area contributed by atoms with Gasteiger partial charge in [-0.05, 0) is 43.0 Å². The van der Waals surface area contributed by atoms with Crippen LogP contribution < -0.4 is 10.6 Å². The molecule has 2 atom stereocenters. The fourth-order valence-corrected chi connectivity index (χ4v) is 3.50. The van der Waals surface area contributed by atoms with E-state index in [9.17, 15) is 8.42 Å². The van der Waals surface area contributed by atoms with Crippen molar-refractivity contribution in [3.05, 3.63) is 29.8 Å². The highest BCUT2D eigenvalue weighted by Gasteiger charge is 2.19. The Bertz CT molecular complexity index is 540. The van der Waals surface area contributed by atoms with Gasteiger partial charge >= 0.3 is 0 Å². The molecule has 1 heterocycles. The largest absolute Gasteiger partial charge is 0.313 e. The van der Waals surface area contributed by atoms with Gasteiger partial charge in [-0.25, -0.2) is 8.42 Å². The van der Waals surface area contributed by atoms with E-state index in [1.165, 1.54) is 25.5 Å². The highest BCUT2D eigenvalue weighted by atomic mass is 32.2. The maximum Gasteiger partial charge on any atom is 0.175 e. The van der Waals surface area contributed by atoms with Gasteiger partial charge in [-0.1, -0.05) is 25.5 Å². The standard InChI is InChI=1S/C16H26N2O2S/c1-3-13-8-9-18-15(10-13)12-17-11-14-4-6-16(7-5-14)21(2,19)20/h4-7,13,15,17-18H,3,8-12H2,1-2H3. The Labute approximate surface area is 128 Å². The van der Waals surface area contributed by atoms with Crippen molar-refractivity contribution in [3.8, 4) is 0 Å². The summed E-state index contributed by atoms with van der Waals surface area (Å²) in [5.41, 5.74) is 1.12. The molecule has 0 aliphatic carbocycles. The lowest BCUT2D eigenvalue weighted by Gasteiger charge is -2.30. The van der Waals surface area contributed by atoms with Crippen molar-refractivity contribution >= 4 is 9.84 Å². The smallest absolute Gasteiger partial charge is 0.175 e. The molecule has 0 radical (unpaired) electrons. The molecular formula is C16H26N2O2S. The highest BCUT2D eigenvalue weighted by Crippen LogP contribution is 2.18. The van der Waals surface area contributed by atoms with Gasteiger partial charge in [-0.15, -0.1) is 0 Å². The van der Waals surface area contributed by atoms with Crippen molar-refractivity contribution < 1.29 is 8.42 Å². The topological polar surface area (TPSA) is 58.2 Å². The van der Waals surface area contributed by atoms with Crippen LogP contribution in [0.2, 0.25) is 0 Å². The van der Waals surface area contributed by atoms with Gasteiger partial charge in [-0.3, -0.25) is 0 Å². The predicted octanol–water partition coefficient (Wildman–Crippen LogP) is 1.96. The SMILES string of the molecule is CCC1CCNC(CNCc2ccc(S(C)(=O)=O)cc2)C1. The lowest BCUT2D eigenvalue weighted by Crippen LogP contribution is -2.44. The molecule has 1 aliphatic rings. The zero-order chi connectivity index (χ0) is 15.3. The maximum absolute atomic E-state index is 11.4. The van der Waals surface area contributed by atoms with Crippen LogP contribution in [0.15, 0.2) is 29.2 Å². The van der Waals surface area contributed by atoms with Gasteiger partial charge in [0.05, 0.1) is 4.90 Å². The zero-order valence-corrected chi connectivity index (χ0v) is 13.7. The van der Waals surface area contributed by atoms with Crippen molar-refractivity contribution in [2.24, 2.45) is 5.92 Å². The van der Waals surface area contributed by atoms with Crippen LogP contribution in [0.5, 0.6) is 0 Å². The van der Waals surface area contributed by atoms with Crippen LogP contribution in [-0.4, -0.2) is 33.8 Å². The van der Waals surface area contributed by atoms with E-state index in [4.69, 9.17) is 0 Å². The first-order valence-electron chi connectivity index (χ1n) is 7.72. The minimum Gasteiger partial charge on any atom is -0.313 e. The Morgan fingerprint density at radius 1 is 1.29 bits per heavy atom. The highest BCUT2D eigenvalue weighted by molar-refractivity contribution is 7.90. The van der Waals surface area contributed by atoms with Crippen molar-refractivity contribution in [2.45, 2.75) is 43.7 Å². The van der Waals surface area contributed by atoms with Crippen LogP contribution in [0.3, 0.4) is 0 Å². The second-order valence-electron chi connectivity index (χ2n) is 6.00. The molecule has 1 aromatic carbocycles. The second kappa shape index (κ2) is 7.38. The second-order valence-corrected chi connectivity index (χ2v) is 8.01. The average molecular weight is 310 g/mol. The van der Waals surface area contributed by atoms with Crippen LogP contribution in [0, 0.1) is 5.92 Å². The van der Waals surface area contributed by atoms with Gasteiger partial charge in [0, 0.05) is 25.4 Å². The minimum absolute atomic E-state index is 0.381. The number of rotatable bonds is 6. The first-order valence-corrected chi connectivity index (χ1v) is 9.61. The molecule has 0 saturated carbocycles. The minimum atomic E-state index is -3.10. The molecule has 0 amide bonds.